The van der Waals surface area contributed by atoms with Crippen LogP contribution in [0.1, 0.15) is 44.7 Å². The van der Waals surface area contributed by atoms with Gasteiger partial charge in [-0.3, -0.25) is 9.89 Å². The second-order valence-electron chi connectivity index (χ2n) is 8.97. The lowest BCUT2D eigenvalue weighted by Crippen LogP contribution is -2.10. The Morgan fingerprint density at radius 3 is 2.74 bits per heavy atom. The summed E-state index contributed by atoms with van der Waals surface area (Å²) in [7, 11) is 0. The van der Waals surface area contributed by atoms with Crippen LogP contribution < -0.4 is 16.0 Å². The molecule has 0 aliphatic heterocycles. The summed E-state index contributed by atoms with van der Waals surface area (Å²) in [5.74, 6) is 2.11. The maximum absolute atomic E-state index is 12.3. The van der Waals surface area contributed by atoms with Crippen LogP contribution in [0.15, 0.2) is 52.6 Å². The molecule has 3 aromatic heterocycles. The van der Waals surface area contributed by atoms with Gasteiger partial charge in [-0.1, -0.05) is 13.3 Å². The first-order valence-electron chi connectivity index (χ1n) is 12.1. The number of nitrogens with one attached hydrogen (secondary N) is 4. The minimum absolute atomic E-state index is 0.00173. The Kier molecular flexibility index (Phi) is 6.89. The SMILES string of the molecule is CCCCC(=O)Nc1cc2c(Nc3cc(C)[nH]n3)nc(Sc3ccc(NCC4CC4)cc3)nn2c1. The van der Waals surface area contributed by atoms with E-state index in [1.807, 2.05) is 25.3 Å². The summed E-state index contributed by atoms with van der Waals surface area (Å²) in [6.07, 6.45) is 6.82. The summed E-state index contributed by atoms with van der Waals surface area (Å²) in [4.78, 5) is 18.1. The van der Waals surface area contributed by atoms with Crippen LogP contribution in [0.3, 0.4) is 0 Å². The van der Waals surface area contributed by atoms with Crippen molar-refractivity contribution in [1.29, 1.82) is 0 Å². The Balaban J connectivity index is 1.38. The van der Waals surface area contributed by atoms with Gasteiger partial charge in [0, 0.05) is 35.3 Å². The molecule has 1 saturated carbocycles. The van der Waals surface area contributed by atoms with Gasteiger partial charge in [0.2, 0.25) is 11.1 Å². The van der Waals surface area contributed by atoms with Crippen molar-refractivity contribution in [3.05, 3.63) is 48.3 Å². The van der Waals surface area contributed by atoms with Crippen molar-refractivity contribution in [2.45, 2.75) is 56.0 Å². The number of aromatic amines is 1. The fourth-order valence-electron chi connectivity index (χ4n) is 3.68. The Hall–Kier alpha value is -3.53. The van der Waals surface area contributed by atoms with E-state index in [-0.39, 0.29) is 5.91 Å². The number of carbonyl (C=O) groups excluding carboxylic acids is 1. The zero-order valence-corrected chi connectivity index (χ0v) is 20.8. The van der Waals surface area contributed by atoms with E-state index in [9.17, 15) is 4.79 Å². The van der Waals surface area contributed by atoms with Crippen LogP contribution in [0.4, 0.5) is 23.0 Å². The number of aromatic nitrogens is 5. The van der Waals surface area contributed by atoms with Gasteiger partial charge in [-0.05, 0) is 74.2 Å². The number of H-pyrrole nitrogens is 1. The lowest BCUT2D eigenvalue weighted by Gasteiger charge is -2.08. The number of hydrogen-bond donors (Lipinski definition) is 4. The van der Waals surface area contributed by atoms with Gasteiger partial charge in [0.05, 0.1) is 11.9 Å². The standard InChI is InChI=1S/C25H30N8OS/c1-3-4-5-23(34)27-19-13-21-24(28-22-12-16(2)30-31-22)29-25(32-33(21)15-19)35-20-10-8-18(9-11-20)26-14-17-6-7-17/h8-13,15,17,26H,3-7,14H2,1-2H3,(H,27,34)(H2,28,29,30,31,32). The highest BCUT2D eigenvalue weighted by Gasteiger charge is 2.20. The van der Waals surface area contributed by atoms with Crippen LogP contribution in [0.2, 0.25) is 0 Å². The highest BCUT2D eigenvalue weighted by Crippen LogP contribution is 2.31. The molecule has 0 saturated heterocycles. The van der Waals surface area contributed by atoms with Crippen molar-refractivity contribution in [3.8, 4) is 0 Å². The molecule has 1 aliphatic carbocycles. The van der Waals surface area contributed by atoms with Gasteiger partial charge in [0.1, 0.15) is 5.52 Å². The Labute approximate surface area is 208 Å². The average Bonchev–Trinajstić information content (AvgIpc) is 3.45. The van der Waals surface area contributed by atoms with Gasteiger partial charge in [0.25, 0.3) is 0 Å². The van der Waals surface area contributed by atoms with E-state index >= 15 is 0 Å². The molecule has 4 N–H and O–H groups in total. The predicted octanol–water partition coefficient (Wildman–Crippen LogP) is 5.61. The normalized spacial score (nSPS) is 13.2. The zero-order valence-electron chi connectivity index (χ0n) is 20.0. The van der Waals surface area contributed by atoms with Crippen molar-refractivity contribution in [1.82, 2.24) is 24.8 Å². The molecule has 0 unspecified atom stereocenters. The minimum atomic E-state index is -0.00173. The molecule has 9 nitrogen and oxygen atoms in total. The van der Waals surface area contributed by atoms with Crippen LogP contribution >= 0.6 is 11.8 Å². The van der Waals surface area contributed by atoms with Gasteiger partial charge < -0.3 is 16.0 Å². The van der Waals surface area contributed by atoms with E-state index in [2.05, 4.69) is 57.3 Å². The van der Waals surface area contributed by atoms with Crippen LogP contribution in [0.5, 0.6) is 0 Å². The van der Waals surface area contributed by atoms with Crippen molar-refractivity contribution < 1.29 is 4.79 Å². The third kappa shape index (κ3) is 6.13. The molecular weight excluding hydrogens is 460 g/mol. The van der Waals surface area contributed by atoms with E-state index < -0.39 is 0 Å². The van der Waals surface area contributed by atoms with Gasteiger partial charge in [-0.25, -0.2) is 9.50 Å². The largest absolute Gasteiger partial charge is 0.385 e. The molecule has 0 spiro atoms. The number of unbranched alkanes of at least 4 members (excludes halogenated alkanes) is 1. The van der Waals surface area contributed by atoms with Crippen LogP contribution in [0.25, 0.3) is 5.52 Å². The van der Waals surface area contributed by atoms with E-state index in [1.165, 1.54) is 24.6 Å². The summed E-state index contributed by atoms with van der Waals surface area (Å²) in [6.45, 7) is 5.06. The summed E-state index contributed by atoms with van der Waals surface area (Å²) in [5, 5.41) is 22.2. The smallest absolute Gasteiger partial charge is 0.224 e. The van der Waals surface area contributed by atoms with Crippen molar-refractivity contribution in [3.63, 3.8) is 0 Å². The molecule has 1 fully saturated rings. The Morgan fingerprint density at radius 1 is 1.20 bits per heavy atom. The third-order valence-electron chi connectivity index (χ3n) is 5.79. The molecule has 3 heterocycles. The number of rotatable bonds is 11. The predicted molar refractivity (Wildman–Crippen MR) is 140 cm³/mol. The van der Waals surface area contributed by atoms with Crippen LogP contribution in [0, 0.1) is 12.8 Å². The molecule has 35 heavy (non-hydrogen) atoms. The number of carbonyl (C=O) groups is 1. The number of nitrogens with zero attached hydrogens (tertiary/aromatic N) is 4. The Bertz CT molecular complexity index is 1310. The first-order valence-corrected chi connectivity index (χ1v) is 12.9. The highest BCUT2D eigenvalue weighted by molar-refractivity contribution is 7.99. The molecule has 1 aromatic carbocycles. The van der Waals surface area contributed by atoms with E-state index in [0.29, 0.717) is 28.9 Å². The summed E-state index contributed by atoms with van der Waals surface area (Å²) in [6, 6.07) is 12.1. The number of fused-ring (bicyclic) bond motifs is 1. The van der Waals surface area contributed by atoms with Crippen LogP contribution in [-0.2, 0) is 4.79 Å². The summed E-state index contributed by atoms with van der Waals surface area (Å²) < 4.78 is 1.75. The number of anilines is 4. The molecule has 1 amide bonds. The fraction of sp³-hybridized carbons (Fsp3) is 0.360. The monoisotopic (exact) mass is 490 g/mol. The maximum Gasteiger partial charge on any atom is 0.224 e. The van der Waals surface area contributed by atoms with Crippen LogP contribution in [-0.4, -0.2) is 37.2 Å². The average molecular weight is 491 g/mol. The summed E-state index contributed by atoms with van der Waals surface area (Å²) in [5.41, 5.74) is 3.51. The first kappa shape index (κ1) is 23.2. The van der Waals surface area contributed by atoms with E-state index in [4.69, 9.17) is 10.1 Å². The number of hydrogen-bond acceptors (Lipinski definition) is 7. The number of amides is 1. The Morgan fingerprint density at radius 2 is 2.03 bits per heavy atom. The van der Waals surface area contributed by atoms with Gasteiger partial charge >= 0.3 is 0 Å². The molecule has 4 aromatic rings. The molecular formula is C25H30N8OS. The second-order valence-corrected chi connectivity index (χ2v) is 10.0. The lowest BCUT2D eigenvalue weighted by atomic mass is 10.2. The lowest BCUT2D eigenvalue weighted by molar-refractivity contribution is -0.116. The van der Waals surface area contributed by atoms with E-state index in [1.54, 1.807) is 4.52 Å². The molecule has 1 aliphatic rings. The molecule has 10 heteroatoms. The molecule has 0 radical (unpaired) electrons. The summed E-state index contributed by atoms with van der Waals surface area (Å²) >= 11 is 1.49. The molecule has 182 valence electrons. The van der Waals surface area contributed by atoms with Gasteiger partial charge in [0.15, 0.2) is 11.6 Å². The van der Waals surface area contributed by atoms with Gasteiger partial charge in [-0.2, -0.15) is 5.10 Å². The zero-order chi connectivity index (χ0) is 24.2. The number of aryl methyl sites for hydroxylation is 1. The third-order valence-corrected chi connectivity index (χ3v) is 6.66. The highest BCUT2D eigenvalue weighted by atomic mass is 32.2. The topological polar surface area (TPSA) is 112 Å². The van der Waals surface area contributed by atoms with E-state index in [0.717, 1.165) is 47.1 Å². The maximum atomic E-state index is 12.3. The van der Waals surface area contributed by atoms with Crippen molar-refractivity contribution in [2.24, 2.45) is 5.92 Å². The first-order chi connectivity index (χ1) is 17.1. The quantitative estimate of drug-likeness (QED) is 0.216. The molecule has 0 bridgehead atoms. The molecule has 0 atom stereocenters. The second kappa shape index (κ2) is 10.4. The van der Waals surface area contributed by atoms with Crippen molar-refractivity contribution in [2.75, 3.05) is 22.5 Å². The fourth-order valence-corrected chi connectivity index (χ4v) is 4.43. The minimum Gasteiger partial charge on any atom is -0.385 e. The van der Waals surface area contributed by atoms with Gasteiger partial charge in [-0.15, -0.1) is 5.10 Å². The number of benzene rings is 1. The molecule has 5 rings (SSSR count). The van der Waals surface area contributed by atoms with Crippen molar-refractivity contribution >= 4 is 46.2 Å².